The molecule has 1 aromatic heterocycles. The van der Waals surface area contributed by atoms with Crippen molar-refractivity contribution in [3.05, 3.63) is 68.6 Å². The van der Waals surface area contributed by atoms with Crippen LogP contribution in [0.5, 0.6) is 0 Å². The molecule has 150 valence electrons. The fourth-order valence-electron chi connectivity index (χ4n) is 5.03. The molecule has 1 N–H and O–H groups in total. The highest BCUT2D eigenvalue weighted by atomic mass is 16.4. The smallest absolute Gasteiger partial charge is 0.341 e. The minimum atomic E-state index is -1.16. The van der Waals surface area contributed by atoms with Crippen molar-refractivity contribution < 1.29 is 9.90 Å². The highest BCUT2D eigenvalue weighted by Gasteiger charge is 2.37. The molecular formula is C25H27NO3. The first-order valence-corrected chi connectivity index (χ1v) is 10.6. The summed E-state index contributed by atoms with van der Waals surface area (Å²) in [5, 5.41) is 9.47. The first-order chi connectivity index (χ1) is 13.7. The molecule has 1 fully saturated rings. The summed E-state index contributed by atoms with van der Waals surface area (Å²) in [5.41, 5.74) is 6.88. The van der Waals surface area contributed by atoms with Gasteiger partial charge in [-0.05, 0) is 64.9 Å². The predicted molar refractivity (Wildman–Crippen MR) is 114 cm³/mol. The molecule has 2 aromatic rings. The number of fused-ring (bicyclic) bond motifs is 4. The minimum absolute atomic E-state index is 0.0627. The second kappa shape index (κ2) is 6.19. The second-order valence-corrected chi connectivity index (χ2v) is 10.0. The average Bonchev–Trinajstić information content (AvgIpc) is 3.37. The number of aromatic nitrogens is 1. The third-order valence-electron chi connectivity index (χ3n) is 6.80. The van der Waals surface area contributed by atoms with Crippen molar-refractivity contribution in [1.29, 1.82) is 0 Å². The van der Waals surface area contributed by atoms with Crippen LogP contribution in [0.2, 0.25) is 0 Å². The van der Waals surface area contributed by atoms with E-state index in [2.05, 4.69) is 43.5 Å². The van der Waals surface area contributed by atoms with Crippen molar-refractivity contribution in [1.82, 2.24) is 4.57 Å². The maximum atomic E-state index is 12.5. The van der Waals surface area contributed by atoms with Gasteiger partial charge in [0, 0.05) is 30.4 Å². The Balaban J connectivity index is 1.64. The highest BCUT2D eigenvalue weighted by molar-refractivity contribution is 5.98. The van der Waals surface area contributed by atoms with Gasteiger partial charge >= 0.3 is 5.97 Å². The molecule has 1 aromatic carbocycles. The lowest BCUT2D eigenvalue weighted by Gasteiger charge is -2.39. The molecule has 4 heteroatoms. The van der Waals surface area contributed by atoms with E-state index in [0.29, 0.717) is 0 Å². The lowest BCUT2D eigenvalue weighted by molar-refractivity contribution is 0.0693. The first kappa shape index (κ1) is 18.4. The minimum Gasteiger partial charge on any atom is -0.477 e. The Morgan fingerprint density at radius 3 is 2.59 bits per heavy atom. The third-order valence-corrected chi connectivity index (χ3v) is 6.80. The Kier molecular flexibility index (Phi) is 3.93. The van der Waals surface area contributed by atoms with Crippen molar-refractivity contribution in [2.45, 2.75) is 58.9 Å². The van der Waals surface area contributed by atoms with E-state index in [1.54, 1.807) is 12.3 Å². The van der Waals surface area contributed by atoms with E-state index in [0.717, 1.165) is 24.5 Å². The first-order valence-electron chi connectivity index (χ1n) is 10.6. The van der Waals surface area contributed by atoms with Gasteiger partial charge in [0.05, 0.1) is 0 Å². The average molecular weight is 389 g/mol. The van der Waals surface area contributed by atoms with Crippen LogP contribution in [0.25, 0.3) is 11.1 Å². The number of pyridine rings is 1. The van der Waals surface area contributed by atoms with Crippen LogP contribution in [0.15, 0.2) is 35.3 Å². The number of hydrogen-bond donors (Lipinski definition) is 1. The molecule has 5 rings (SSSR count). The topological polar surface area (TPSA) is 59.3 Å². The number of benzene rings is 1. The van der Waals surface area contributed by atoms with Crippen molar-refractivity contribution in [2.75, 3.05) is 0 Å². The molecule has 2 aliphatic carbocycles. The summed E-state index contributed by atoms with van der Waals surface area (Å²) in [4.78, 5) is 24.1. The lowest BCUT2D eigenvalue weighted by Crippen LogP contribution is -2.32. The van der Waals surface area contributed by atoms with Crippen molar-refractivity contribution in [3.8, 4) is 0 Å². The fourth-order valence-corrected chi connectivity index (χ4v) is 5.03. The van der Waals surface area contributed by atoms with Crippen molar-refractivity contribution >= 4 is 17.1 Å². The monoisotopic (exact) mass is 389 g/mol. The van der Waals surface area contributed by atoms with Gasteiger partial charge in [-0.15, -0.1) is 0 Å². The molecule has 0 amide bonds. The van der Waals surface area contributed by atoms with Crippen LogP contribution in [0.1, 0.15) is 78.8 Å². The van der Waals surface area contributed by atoms with E-state index in [-0.39, 0.29) is 17.0 Å². The number of aromatic carboxylic acids is 1. The fraction of sp³-hybridized carbons (Fsp3) is 0.440. The van der Waals surface area contributed by atoms with Gasteiger partial charge in [0.2, 0.25) is 0 Å². The van der Waals surface area contributed by atoms with Gasteiger partial charge in [0.15, 0.2) is 5.43 Å². The molecule has 0 bridgehead atoms. The zero-order chi connectivity index (χ0) is 20.5. The number of allylic oxidation sites excluding steroid dienone is 2. The van der Waals surface area contributed by atoms with Crippen LogP contribution < -0.4 is 5.43 Å². The molecule has 0 saturated heterocycles. The maximum absolute atomic E-state index is 12.5. The van der Waals surface area contributed by atoms with Gasteiger partial charge in [-0.25, -0.2) is 4.79 Å². The number of nitrogens with zero attached hydrogens (tertiary/aromatic N) is 1. The van der Waals surface area contributed by atoms with Gasteiger partial charge in [0.25, 0.3) is 0 Å². The molecule has 1 aliphatic heterocycles. The van der Waals surface area contributed by atoms with E-state index < -0.39 is 11.4 Å². The van der Waals surface area contributed by atoms with Gasteiger partial charge < -0.3 is 9.67 Å². The van der Waals surface area contributed by atoms with E-state index in [4.69, 9.17) is 0 Å². The molecular weight excluding hydrogens is 362 g/mol. The largest absolute Gasteiger partial charge is 0.477 e. The van der Waals surface area contributed by atoms with Crippen LogP contribution >= 0.6 is 0 Å². The molecule has 0 unspecified atom stereocenters. The molecule has 3 aliphatic rings. The molecule has 4 nitrogen and oxygen atoms in total. The molecule has 0 radical (unpaired) electrons. The van der Waals surface area contributed by atoms with Crippen LogP contribution in [-0.4, -0.2) is 15.6 Å². The zero-order valence-electron chi connectivity index (χ0n) is 17.3. The van der Waals surface area contributed by atoms with Crippen molar-refractivity contribution in [2.24, 2.45) is 11.3 Å². The molecule has 1 saturated carbocycles. The Hall–Kier alpha value is -2.62. The van der Waals surface area contributed by atoms with Gasteiger partial charge in [-0.3, -0.25) is 4.79 Å². The Morgan fingerprint density at radius 2 is 1.93 bits per heavy atom. The number of rotatable bonds is 3. The third kappa shape index (κ3) is 3.06. The molecule has 1 atom stereocenters. The van der Waals surface area contributed by atoms with Gasteiger partial charge in [-0.2, -0.15) is 0 Å². The summed E-state index contributed by atoms with van der Waals surface area (Å²) in [6, 6.07) is 8.55. The summed E-state index contributed by atoms with van der Waals surface area (Å²) < 4.78 is 2.06. The van der Waals surface area contributed by atoms with E-state index in [9.17, 15) is 14.7 Å². The SMILES string of the molecule is CC(C)(C)[C@@H]1CC2=C(Cc3cc(CC4CC4)ccc32)c2cc(=O)c(C(=O)O)cn21. The quantitative estimate of drug-likeness (QED) is 0.807. The van der Waals surface area contributed by atoms with E-state index >= 15 is 0 Å². The Bertz CT molecular complexity index is 1130. The summed E-state index contributed by atoms with van der Waals surface area (Å²) in [6.45, 7) is 6.54. The normalized spacial score (nSPS) is 20.3. The zero-order valence-corrected chi connectivity index (χ0v) is 17.3. The molecule has 0 spiro atoms. The van der Waals surface area contributed by atoms with Gasteiger partial charge in [-0.1, -0.05) is 39.0 Å². The number of carboxylic acids is 1. The van der Waals surface area contributed by atoms with Crippen LogP contribution in [0.4, 0.5) is 0 Å². The van der Waals surface area contributed by atoms with E-state index in [1.807, 2.05) is 0 Å². The van der Waals surface area contributed by atoms with Gasteiger partial charge in [0.1, 0.15) is 5.56 Å². The highest BCUT2D eigenvalue weighted by Crippen LogP contribution is 2.50. The standard InChI is InChI=1S/C25H27NO3/c1-25(2,3)23-11-18-17-7-6-15(8-14-4-5-14)9-16(17)10-19(18)21-12-22(27)20(24(28)29)13-26(21)23/h6-7,9,12-14,23H,4-5,8,10-11H2,1-3H3,(H,28,29)/t23-/m0/s1. The number of hydrogen-bond acceptors (Lipinski definition) is 2. The summed E-state index contributed by atoms with van der Waals surface area (Å²) in [7, 11) is 0. The predicted octanol–water partition coefficient (Wildman–Crippen LogP) is 4.96. The Morgan fingerprint density at radius 1 is 1.17 bits per heavy atom. The maximum Gasteiger partial charge on any atom is 0.341 e. The van der Waals surface area contributed by atoms with Crippen LogP contribution in [-0.2, 0) is 12.8 Å². The molecule has 29 heavy (non-hydrogen) atoms. The summed E-state index contributed by atoms with van der Waals surface area (Å²) in [5.74, 6) is -0.298. The summed E-state index contributed by atoms with van der Waals surface area (Å²) in [6.07, 6.45) is 7.12. The second-order valence-electron chi connectivity index (χ2n) is 10.0. The lowest BCUT2D eigenvalue weighted by atomic mass is 9.78. The summed E-state index contributed by atoms with van der Waals surface area (Å²) >= 11 is 0. The number of carboxylic acid groups (broad SMARTS) is 1. The van der Waals surface area contributed by atoms with Crippen molar-refractivity contribution in [3.63, 3.8) is 0 Å². The van der Waals surface area contributed by atoms with Crippen LogP contribution in [0.3, 0.4) is 0 Å². The Labute approximate surface area is 170 Å². The molecule has 2 heterocycles. The van der Waals surface area contributed by atoms with E-state index in [1.165, 1.54) is 47.1 Å². The number of carbonyl (C=O) groups is 1. The van der Waals surface area contributed by atoms with Crippen LogP contribution in [0, 0.1) is 11.3 Å².